The first-order valence-electron chi connectivity index (χ1n) is 6.61. The molecule has 1 amide bonds. The van der Waals surface area contributed by atoms with Crippen molar-refractivity contribution in [2.24, 2.45) is 11.8 Å². The summed E-state index contributed by atoms with van der Waals surface area (Å²) in [5.41, 5.74) is 0. The van der Waals surface area contributed by atoms with Crippen LogP contribution in [-0.4, -0.2) is 30.6 Å². The second-order valence-corrected chi connectivity index (χ2v) is 7.23. The summed E-state index contributed by atoms with van der Waals surface area (Å²) in [5, 5.41) is 11.9. The van der Waals surface area contributed by atoms with E-state index < -0.39 is 11.9 Å². The van der Waals surface area contributed by atoms with Crippen molar-refractivity contribution in [3.63, 3.8) is 0 Å². The molecule has 0 saturated carbocycles. The fourth-order valence-corrected chi connectivity index (χ4v) is 3.64. The molecule has 1 aromatic heterocycles. The van der Waals surface area contributed by atoms with Crippen LogP contribution in [0, 0.1) is 18.8 Å². The summed E-state index contributed by atoms with van der Waals surface area (Å²) in [4.78, 5) is 24.8. The Morgan fingerprint density at radius 1 is 1.43 bits per heavy atom. The highest BCUT2D eigenvalue weighted by Crippen LogP contribution is 2.38. The van der Waals surface area contributed by atoms with Crippen LogP contribution in [0.1, 0.15) is 34.8 Å². The normalized spacial score (nSPS) is 12.3. The molecular formula is C14H20BrNO4S. The van der Waals surface area contributed by atoms with Crippen LogP contribution in [0.2, 0.25) is 0 Å². The lowest BCUT2D eigenvalue weighted by Gasteiger charge is -2.15. The number of halogens is 1. The Labute approximate surface area is 136 Å². The van der Waals surface area contributed by atoms with E-state index in [1.807, 2.05) is 20.8 Å². The maximum atomic E-state index is 12.2. The van der Waals surface area contributed by atoms with E-state index in [-0.39, 0.29) is 18.4 Å². The zero-order valence-corrected chi connectivity index (χ0v) is 14.9. The van der Waals surface area contributed by atoms with Gasteiger partial charge in [0.25, 0.3) is 5.91 Å². The number of aliphatic carboxylic acids is 1. The van der Waals surface area contributed by atoms with Gasteiger partial charge in [0.1, 0.15) is 4.88 Å². The van der Waals surface area contributed by atoms with E-state index in [0.29, 0.717) is 17.0 Å². The third-order valence-corrected chi connectivity index (χ3v) is 5.30. The molecule has 1 heterocycles. The number of thiophene rings is 1. The molecule has 0 aliphatic heterocycles. The van der Waals surface area contributed by atoms with Crippen molar-refractivity contribution >= 4 is 39.1 Å². The molecule has 0 saturated heterocycles. The molecule has 0 aliphatic rings. The molecule has 0 aromatic carbocycles. The first-order valence-corrected chi connectivity index (χ1v) is 8.22. The summed E-state index contributed by atoms with van der Waals surface area (Å²) in [5.74, 6) is -1.02. The van der Waals surface area contributed by atoms with Crippen LogP contribution in [0.3, 0.4) is 0 Å². The van der Waals surface area contributed by atoms with Gasteiger partial charge in [-0.3, -0.25) is 9.59 Å². The maximum absolute atomic E-state index is 12.2. The first-order chi connectivity index (χ1) is 9.77. The Kier molecular flexibility index (Phi) is 6.67. The van der Waals surface area contributed by atoms with E-state index in [2.05, 4.69) is 21.2 Å². The minimum atomic E-state index is -0.889. The van der Waals surface area contributed by atoms with Gasteiger partial charge in [-0.2, -0.15) is 0 Å². The number of ether oxygens (including phenoxy) is 1. The van der Waals surface area contributed by atoms with Crippen LogP contribution < -0.4 is 10.1 Å². The van der Waals surface area contributed by atoms with Crippen LogP contribution in [0.15, 0.2) is 4.47 Å². The van der Waals surface area contributed by atoms with Crippen molar-refractivity contribution in [1.82, 2.24) is 5.32 Å². The Balaban J connectivity index is 2.77. The molecule has 1 unspecified atom stereocenters. The zero-order valence-electron chi connectivity index (χ0n) is 12.5. The number of hydrogen-bond acceptors (Lipinski definition) is 4. The van der Waals surface area contributed by atoms with Gasteiger partial charge < -0.3 is 15.2 Å². The second kappa shape index (κ2) is 7.79. The summed E-state index contributed by atoms with van der Waals surface area (Å²) in [6.07, 6.45) is 0.528. The molecule has 1 atom stereocenters. The molecule has 5 nitrogen and oxygen atoms in total. The number of carboxylic acid groups (broad SMARTS) is 1. The molecular weight excluding hydrogens is 358 g/mol. The number of hydrogen-bond donors (Lipinski definition) is 2. The van der Waals surface area contributed by atoms with Gasteiger partial charge in [0.15, 0.2) is 5.75 Å². The van der Waals surface area contributed by atoms with Crippen LogP contribution in [0.25, 0.3) is 0 Å². The molecule has 118 valence electrons. The van der Waals surface area contributed by atoms with Gasteiger partial charge in [-0.25, -0.2) is 0 Å². The van der Waals surface area contributed by atoms with Gasteiger partial charge in [-0.1, -0.05) is 13.8 Å². The molecule has 2 N–H and O–H groups in total. The summed E-state index contributed by atoms with van der Waals surface area (Å²) in [7, 11) is 1.50. The first kappa shape index (κ1) is 18.0. The van der Waals surface area contributed by atoms with E-state index in [4.69, 9.17) is 4.74 Å². The van der Waals surface area contributed by atoms with Crippen molar-refractivity contribution in [3.8, 4) is 5.75 Å². The van der Waals surface area contributed by atoms with Crippen molar-refractivity contribution in [2.75, 3.05) is 13.7 Å². The van der Waals surface area contributed by atoms with E-state index in [9.17, 15) is 14.7 Å². The summed E-state index contributed by atoms with van der Waals surface area (Å²) in [6, 6.07) is 0. The van der Waals surface area contributed by atoms with Gasteiger partial charge in [0.05, 0.1) is 17.5 Å². The van der Waals surface area contributed by atoms with Crippen LogP contribution >= 0.6 is 27.3 Å². The smallest absolute Gasteiger partial charge is 0.308 e. The number of carbonyl (C=O) groups excluding carboxylic acids is 1. The standard InChI is InChI=1S/C14H20BrNO4S/c1-7(2)5-9(14(18)19)6-16-13(17)12-11(20-4)10(15)8(3)21-12/h7,9H,5-6H2,1-4H3,(H,16,17)(H,18,19). The monoisotopic (exact) mass is 377 g/mol. The topological polar surface area (TPSA) is 75.6 Å². The summed E-state index contributed by atoms with van der Waals surface area (Å²) in [6.45, 7) is 5.91. The largest absolute Gasteiger partial charge is 0.494 e. The molecule has 0 radical (unpaired) electrons. The lowest BCUT2D eigenvalue weighted by atomic mass is 9.97. The Hall–Kier alpha value is -1.08. The molecule has 0 bridgehead atoms. The Morgan fingerprint density at radius 3 is 2.52 bits per heavy atom. The third-order valence-electron chi connectivity index (χ3n) is 2.99. The van der Waals surface area contributed by atoms with Crippen LogP contribution in [0.4, 0.5) is 0 Å². The molecule has 21 heavy (non-hydrogen) atoms. The quantitative estimate of drug-likeness (QED) is 0.764. The highest BCUT2D eigenvalue weighted by Gasteiger charge is 2.24. The molecule has 0 spiro atoms. The number of carboxylic acids is 1. The highest BCUT2D eigenvalue weighted by atomic mass is 79.9. The van der Waals surface area contributed by atoms with E-state index >= 15 is 0 Å². The van der Waals surface area contributed by atoms with Gasteiger partial charge in [0, 0.05) is 11.4 Å². The molecule has 7 heteroatoms. The minimum Gasteiger partial charge on any atom is -0.494 e. The number of carbonyl (C=O) groups is 2. The van der Waals surface area contributed by atoms with E-state index in [0.717, 1.165) is 9.35 Å². The SMILES string of the molecule is COc1c(C(=O)NCC(CC(C)C)C(=O)O)sc(C)c1Br. The van der Waals surface area contributed by atoms with Gasteiger partial charge >= 0.3 is 5.97 Å². The van der Waals surface area contributed by atoms with E-state index in [1.165, 1.54) is 18.4 Å². The fourth-order valence-electron chi connectivity index (χ4n) is 1.97. The number of nitrogens with one attached hydrogen (secondary N) is 1. The number of methoxy groups -OCH3 is 1. The second-order valence-electron chi connectivity index (χ2n) is 5.21. The predicted molar refractivity (Wildman–Crippen MR) is 86.2 cm³/mol. The van der Waals surface area contributed by atoms with Crippen molar-refractivity contribution in [1.29, 1.82) is 0 Å². The number of amides is 1. The number of rotatable bonds is 7. The van der Waals surface area contributed by atoms with Crippen molar-refractivity contribution in [3.05, 3.63) is 14.2 Å². The van der Waals surface area contributed by atoms with Crippen LogP contribution in [-0.2, 0) is 4.79 Å². The van der Waals surface area contributed by atoms with Crippen LogP contribution in [0.5, 0.6) is 5.75 Å². The molecule has 1 aromatic rings. The summed E-state index contributed by atoms with van der Waals surface area (Å²) < 4.78 is 5.98. The van der Waals surface area contributed by atoms with E-state index in [1.54, 1.807) is 0 Å². The number of aryl methyl sites for hydroxylation is 1. The maximum Gasteiger partial charge on any atom is 0.308 e. The average molecular weight is 378 g/mol. The minimum absolute atomic E-state index is 0.115. The highest BCUT2D eigenvalue weighted by molar-refractivity contribution is 9.10. The Bertz CT molecular complexity index is 527. The predicted octanol–water partition coefficient (Wildman–Crippen LogP) is 3.30. The summed E-state index contributed by atoms with van der Waals surface area (Å²) >= 11 is 4.69. The zero-order chi connectivity index (χ0) is 16.2. The average Bonchev–Trinajstić information content (AvgIpc) is 2.69. The van der Waals surface area contributed by atoms with Gasteiger partial charge in [0.2, 0.25) is 0 Å². The lowest BCUT2D eigenvalue weighted by molar-refractivity contribution is -0.142. The molecule has 1 rings (SSSR count). The lowest BCUT2D eigenvalue weighted by Crippen LogP contribution is -2.33. The van der Waals surface area contributed by atoms with Crippen molar-refractivity contribution in [2.45, 2.75) is 27.2 Å². The Morgan fingerprint density at radius 2 is 2.05 bits per heavy atom. The third kappa shape index (κ3) is 4.71. The molecule has 0 fully saturated rings. The molecule has 0 aliphatic carbocycles. The fraction of sp³-hybridized carbons (Fsp3) is 0.571. The van der Waals surface area contributed by atoms with Gasteiger partial charge in [-0.05, 0) is 35.2 Å². The van der Waals surface area contributed by atoms with Crippen molar-refractivity contribution < 1.29 is 19.4 Å². The van der Waals surface area contributed by atoms with Gasteiger partial charge in [-0.15, -0.1) is 11.3 Å².